The maximum atomic E-state index is 12.3. The zero-order chi connectivity index (χ0) is 29.4. The van der Waals surface area contributed by atoms with Gasteiger partial charge in [0.2, 0.25) is 0 Å². The third-order valence-electron chi connectivity index (χ3n) is 9.27. The Morgan fingerprint density at radius 3 is 2.05 bits per heavy atom. The topological polar surface area (TPSA) is 20.2 Å². The average Bonchev–Trinajstić information content (AvgIpc) is 2.88. The van der Waals surface area contributed by atoms with Crippen molar-refractivity contribution in [2.24, 2.45) is 5.92 Å². The molecule has 0 saturated carbocycles. The number of benzene rings is 2. The summed E-state index contributed by atoms with van der Waals surface area (Å²) in [6.45, 7) is 23.1. The first-order chi connectivity index (χ1) is 18.3. The summed E-state index contributed by atoms with van der Waals surface area (Å²) in [5.74, 6) is 1.80. The molecule has 3 atom stereocenters. The molecule has 1 N–H and O–H groups in total. The molecule has 2 rings (SSSR count). The van der Waals surface area contributed by atoms with Gasteiger partial charge in [-0.25, -0.2) is 0 Å². The molecule has 2 aromatic rings. The van der Waals surface area contributed by atoms with Crippen molar-refractivity contribution in [2.45, 2.75) is 149 Å². The number of aryl methyl sites for hydroxylation is 1. The van der Waals surface area contributed by atoms with Gasteiger partial charge in [-0.1, -0.05) is 145 Å². The lowest BCUT2D eigenvalue weighted by atomic mass is 9.69. The smallest absolute Gasteiger partial charge is 0.123 e. The van der Waals surface area contributed by atoms with Crippen LogP contribution in [0.5, 0.6) is 5.75 Å². The van der Waals surface area contributed by atoms with Crippen LogP contribution in [-0.2, 0) is 21.7 Å². The fourth-order valence-corrected chi connectivity index (χ4v) is 8.10. The fourth-order valence-electron chi connectivity index (χ4n) is 5.88. The number of hydrogen-bond donors (Lipinski definition) is 2. The van der Waals surface area contributed by atoms with Crippen molar-refractivity contribution in [3.63, 3.8) is 0 Å². The van der Waals surface area contributed by atoms with E-state index in [1.54, 1.807) is 0 Å². The van der Waals surface area contributed by atoms with Crippen molar-refractivity contribution in [3.05, 3.63) is 58.1 Å². The first-order valence-corrected chi connectivity index (χ1v) is 17.3. The Morgan fingerprint density at radius 2 is 1.49 bits per heavy atom. The Hall–Kier alpha value is -0.980. The molecule has 0 aromatic heterocycles. The third-order valence-corrected chi connectivity index (χ3v) is 11.7. The van der Waals surface area contributed by atoms with Gasteiger partial charge in [0.15, 0.2) is 0 Å². The lowest BCUT2D eigenvalue weighted by molar-refractivity contribution is 0.301. The Bertz CT molecular complexity index is 1050. The van der Waals surface area contributed by atoms with Crippen LogP contribution in [0, 0.1) is 12.8 Å². The minimum Gasteiger partial charge on any atom is -0.507 e. The number of rotatable bonds is 15. The number of thiol groups is 1. The molecule has 39 heavy (non-hydrogen) atoms. The second-order valence-corrected chi connectivity index (χ2v) is 15.7. The summed E-state index contributed by atoms with van der Waals surface area (Å²) in [5.41, 5.74) is 6.19. The Balaban J connectivity index is 2.81. The van der Waals surface area contributed by atoms with Crippen molar-refractivity contribution < 1.29 is 5.11 Å². The molecule has 0 bridgehead atoms. The quantitative estimate of drug-likeness (QED) is 0.124. The molecule has 2 aromatic carbocycles. The highest BCUT2D eigenvalue weighted by Crippen LogP contribution is 2.54. The van der Waals surface area contributed by atoms with Gasteiger partial charge in [-0.15, -0.1) is 0 Å². The number of aromatic hydroxyl groups is 1. The van der Waals surface area contributed by atoms with E-state index in [1.807, 2.05) is 0 Å². The van der Waals surface area contributed by atoms with Crippen molar-refractivity contribution in [1.29, 1.82) is 0 Å². The van der Waals surface area contributed by atoms with Gasteiger partial charge in [-0.2, -0.15) is 12.6 Å². The Morgan fingerprint density at radius 1 is 0.872 bits per heavy atom. The molecule has 220 valence electrons. The van der Waals surface area contributed by atoms with Gasteiger partial charge < -0.3 is 5.11 Å². The van der Waals surface area contributed by atoms with Crippen LogP contribution in [0.3, 0.4) is 0 Å². The maximum Gasteiger partial charge on any atom is 0.123 e. The van der Waals surface area contributed by atoms with Crippen LogP contribution in [0.25, 0.3) is 0 Å². The monoisotopic (exact) mass is 570 g/mol. The first kappa shape index (κ1) is 34.2. The molecule has 0 aliphatic carbocycles. The lowest BCUT2D eigenvalue weighted by Crippen LogP contribution is -2.30. The first-order valence-electron chi connectivity index (χ1n) is 15.6. The van der Waals surface area contributed by atoms with E-state index in [0.29, 0.717) is 20.2 Å². The fraction of sp³-hybridized carbons (Fsp3) is 0.667. The van der Waals surface area contributed by atoms with Crippen molar-refractivity contribution >= 4 is 26.5 Å². The van der Waals surface area contributed by atoms with Crippen molar-refractivity contribution in [2.75, 3.05) is 0 Å². The summed E-state index contributed by atoms with van der Waals surface area (Å²) in [6, 6.07) is 11.6. The van der Waals surface area contributed by atoms with Crippen LogP contribution in [0.2, 0.25) is 0 Å². The van der Waals surface area contributed by atoms with Crippen LogP contribution >= 0.6 is 21.2 Å². The van der Waals surface area contributed by atoms with Crippen LogP contribution in [0.4, 0.5) is 0 Å². The molecule has 1 nitrogen and oxygen atoms in total. The number of phenolic OH excluding ortho intramolecular Hbond substituents is 1. The summed E-state index contributed by atoms with van der Waals surface area (Å²) >= 11 is 4.72. The second-order valence-electron chi connectivity index (χ2n) is 13.6. The number of unbranched alkanes of at least 4 members (excludes halogenated alkanes) is 4. The summed E-state index contributed by atoms with van der Waals surface area (Å²) in [6.07, 6.45) is 10.7. The Kier molecular flexibility index (Phi) is 13.0. The van der Waals surface area contributed by atoms with E-state index in [-0.39, 0.29) is 16.0 Å². The molecule has 0 radical (unpaired) electrons. The SMILES string of the molecule is CCCCCC(C)C(C)(C)c1cc(C(C)(C)C)cc(C(CC)(CCCCC)Pc2ccc(C)cc2CS)c1O. The molecule has 0 spiro atoms. The summed E-state index contributed by atoms with van der Waals surface area (Å²) in [4.78, 5) is 0. The predicted octanol–water partition coefficient (Wildman–Crippen LogP) is 11.1. The number of phenols is 1. The normalized spacial score (nSPS) is 15.2. The summed E-state index contributed by atoms with van der Waals surface area (Å²) < 4.78 is 0. The van der Waals surface area contributed by atoms with E-state index in [0.717, 1.165) is 24.2 Å². The molecule has 0 aliphatic rings. The Labute approximate surface area is 249 Å². The van der Waals surface area contributed by atoms with Crippen LogP contribution < -0.4 is 5.30 Å². The minimum absolute atomic E-state index is 0.00482. The van der Waals surface area contributed by atoms with Gasteiger partial charge in [-0.3, -0.25) is 0 Å². The molecular formula is C36H59OPS. The summed E-state index contributed by atoms with van der Waals surface area (Å²) in [7, 11) is 0.598. The van der Waals surface area contributed by atoms with E-state index in [9.17, 15) is 5.11 Å². The molecule has 0 fully saturated rings. The van der Waals surface area contributed by atoms with Crippen LogP contribution in [0.1, 0.15) is 148 Å². The highest BCUT2D eigenvalue weighted by molar-refractivity contribution is 7.79. The van der Waals surface area contributed by atoms with Crippen molar-refractivity contribution in [1.82, 2.24) is 0 Å². The average molecular weight is 571 g/mol. The second kappa shape index (κ2) is 14.8. The molecule has 3 heteroatoms. The zero-order valence-electron chi connectivity index (χ0n) is 26.9. The van der Waals surface area contributed by atoms with E-state index < -0.39 is 0 Å². The highest BCUT2D eigenvalue weighted by Gasteiger charge is 2.39. The van der Waals surface area contributed by atoms with Crippen LogP contribution in [0.15, 0.2) is 30.3 Å². The van der Waals surface area contributed by atoms with Gasteiger partial charge in [0.25, 0.3) is 0 Å². The van der Waals surface area contributed by atoms with Crippen LogP contribution in [-0.4, -0.2) is 5.11 Å². The van der Waals surface area contributed by atoms with E-state index in [2.05, 4.69) is 99.6 Å². The highest BCUT2D eigenvalue weighted by atomic mass is 32.1. The maximum absolute atomic E-state index is 12.3. The van der Waals surface area contributed by atoms with Gasteiger partial charge in [0, 0.05) is 22.0 Å². The van der Waals surface area contributed by atoms with E-state index in [4.69, 9.17) is 12.6 Å². The minimum atomic E-state index is -0.111. The molecule has 0 heterocycles. The van der Waals surface area contributed by atoms with Gasteiger partial charge in [-0.05, 0) is 59.4 Å². The predicted molar refractivity (Wildman–Crippen MR) is 181 cm³/mol. The van der Waals surface area contributed by atoms with Gasteiger partial charge in [0.1, 0.15) is 5.75 Å². The van der Waals surface area contributed by atoms with Gasteiger partial charge in [0.05, 0.1) is 0 Å². The standard InChI is InChI=1S/C36H59OPS/c1-11-14-16-18-27(5)35(9,10)30-23-29(34(6,7)8)24-31(33(30)37)36(13-3,21-17-15-12-2)38-32-20-19-26(4)22-28(32)25-39/h19-20,22-24,27,37-39H,11-18,21,25H2,1-10H3. The van der Waals surface area contributed by atoms with Crippen molar-refractivity contribution in [3.8, 4) is 5.75 Å². The van der Waals surface area contributed by atoms with E-state index >= 15 is 0 Å². The molecule has 0 amide bonds. The largest absolute Gasteiger partial charge is 0.507 e. The molecule has 0 saturated heterocycles. The third kappa shape index (κ3) is 8.52. The lowest BCUT2D eigenvalue weighted by Gasteiger charge is -2.40. The molecule has 0 aliphatic heterocycles. The molecule has 3 unspecified atom stereocenters. The van der Waals surface area contributed by atoms with E-state index in [1.165, 1.54) is 72.5 Å². The summed E-state index contributed by atoms with van der Waals surface area (Å²) in [5, 5.41) is 13.6. The molecular weight excluding hydrogens is 511 g/mol. The zero-order valence-corrected chi connectivity index (χ0v) is 28.8. The number of hydrogen-bond acceptors (Lipinski definition) is 2. The van der Waals surface area contributed by atoms with Gasteiger partial charge >= 0.3 is 0 Å².